The molecule has 2 aromatic rings. The maximum absolute atomic E-state index is 13.5. The van der Waals surface area contributed by atoms with Crippen LogP contribution in [-0.2, 0) is 4.74 Å². The number of benzene rings is 2. The van der Waals surface area contributed by atoms with Gasteiger partial charge < -0.3 is 20.1 Å². The van der Waals surface area contributed by atoms with Crippen LogP contribution in [-0.4, -0.2) is 54.0 Å². The van der Waals surface area contributed by atoms with Gasteiger partial charge in [0, 0.05) is 55.3 Å². The Labute approximate surface area is 216 Å². The number of halogens is 1. The van der Waals surface area contributed by atoms with Crippen LogP contribution in [0.2, 0.25) is 5.02 Å². The first-order chi connectivity index (χ1) is 17.1. The van der Waals surface area contributed by atoms with Crippen LogP contribution >= 0.6 is 11.6 Å². The summed E-state index contributed by atoms with van der Waals surface area (Å²) in [4.78, 5) is 32.2. The molecule has 0 aromatic heterocycles. The Kier molecular flexibility index (Phi) is 7.00. The number of hydrogen-bond donors (Lipinski definition) is 2. The average molecular weight is 511 g/mol. The van der Waals surface area contributed by atoms with Crippen molar-refractivity contribution in [2.45, 2.75) is 44.8 Å². The molecular weight excluding hydrogens is 480 g/mol. The number of nitrogens with two attached hydrogens (primary N) is 1. The van der Waals surface area contributed by atoms with Crippen molar-refractivity contribution in [3.63, 3.8) is 0 Å². The van der Waals surface area contributed by atoms with E-state index in [1.165, 1.54) is 0 Å². The van der Waals surface area contributed by atoms with Gasteiger partial charge in [0.2, 0.25) is 0 Å². The van der Waals surface area contributed by atoms with Crippen molar-refractivity contribution < 1.29 is 19.1 Å². The van der Waals surface area contributed by atoms with Gasteiger partial charge in [0.25, 0.3) is 5.91 Å². The first kappa shape index (κ1) is 25.6. The first-order valence-corrected chi connectivity index (χ1v) is 12.2. The molecule has 2 aromatic carbocycles. The SMILES string of the molecule is CN=C1C(=CN)C2(CCN(C(=O)c3ccc(Cl)cc3NC(=O)OC(C)(C)C)CC2)Oc2ccccc21. The monoisotopic (exact) mass is 510 g/mol. The summed E-state index contributed by atoms with van der Waals surface area (Å²) in [7, 11) is 1.74. The minimum atomic E-state index is -0.679. The molecule has 190 valence electrons. The van der Waals surface area contributed by atoms with Crippen molar-refractivity contribution >= 4 is 35.0 Å². The third kappa shape index (κ3) is 5.04. The fraction of sp³-hybridized carbons (Fsp3) is 0.370. The van der Waals surface area contributed by atoms with Gasteiger partial charge in [-0.3, -0.25) is 15.1 Å². The number of likely N-dealkylation sites (tertiary alicyclic amines) is 1. The third-order valence-electron chi connectivity index (χ3n) is 6.29. The molecule has 3 N–H and O–H groups in total. The predicted molar refractivity (Wildman–Crippen MR) is 141 cm³/mol. The molecule has 8 nitrogen and oxygen atoms in total. The number of nitrogens with zero attached hydrogens (tertiary/aromatic N) is 2. The normalized spacial score (nSPS) is 19.1. The zero-order valence-electron chi connectivity index (χ0n) is 20.9. The molecule has 36 heavy (non-hydrogen) atoms. The highest BCUT2D eigenvalue weighted by Crippen LogP contribution is 2.43. The predicted octanol–water partition coefficient (Wildman–Crippen LogP) is 5.02. The van der Waals surface area contributed by atoms with E-state index in [-0.39, 0.29) is 5.91 Å². The number of fused-ring (bicyclic) bond motifs is 1. The summed E-state index contributed by atoms with van der Waals surface area (Å²) >= 11 is 6.16. The second kappa shape index (κ2) is 9.85. The molecule has 1 saturated heterocycles. The molecule has 0 aliphatic carbocycles. The smallest absolute Gasteiger partial charge is 0.412 e. The Morgan fingerprint density at radius 2 is 1.89 bits per heavy atom. The maximum Gasteiger partial charge on any atom is 0.412 e. The number of aliphatic imine (C=N–C) groups is 1. The number of ether oxygens (including phenoxy) is 2. The van der Waals surface area contributed by atoms with E-state index >= 15 is 0 Å². The lowest BCUT2D eigenvalue weighted by Crippen LogP contribution is -2.54. The lowest BCUT2D eigenvalue weighted by atomic mass is 9.78. The summed E-state index contributed by atoms with van der Waals surface area (Å²) in [5.41, 5.74) is 7.89. The highest BCUT2D eigenvalue weighted by Gasteiger charge is 2.46. The lowest BCUT2D eigenvalue weighted by molar-refractivity contribution is 0.0285. The van der Waals surface area contributed by atoms with E-state index in [1.54, 1.807) is 57.1 Å². The summed E-state index contributed by atoms with van der Waals surface area (Å²) < 4.78 is 11.9. The van der Waals surface area contributed by atoms with Crippen LogP contribution in [0.25, 0.3) is 0 Å². The van der Waals surface area contributed by atoms with E-state index in [4.69, 9.17) is 26.8 Å². The minimum Gasteiger partial charge on any atom is -0.482 e. The average Bonchev–Trinajstić information content (AvgIpc) is 2.82. The zero-order chi connectivity index (χ0) is 26.1. The van der Waals surface area contributed by atoms with Gasteiger partial charge in [0.1, 0.15) is 17.0 Å². The van der Waals surface area contributed by atoms with E-state index in [0.717, 1.165) is 22.6 Å². The molecule has 1 fully saturated rings. The Morgan fingerprint density at radius 1 is 1.19 bits per heavy atom. The molecule has 0 radical (unpaired) electrons. The number of para-hydroxylation sites is 1. The standard InChI is InChI=1S/C27H31ClN4O4/c1-26(2,3)36-25(34)31-21-15-17(28)9-10-18(21)24(33)32-13-11-27(12-14-32)20(16-29)23(30-4)19-7-5-6-8-22(19)35-27/h5-10,15-16H,11-14,29H2,1-4H3,(H,31,34). The van der Waals surface area contributed by atoms with Crippen molar-refractivity contribution in [3.8, 4) is 5.75 Å². The minimum absolute atomic E-state index is 0.216. The van der Waals surface area contributed by atoms with Gasteiger partial charge in [0.05, 0.1) is 17.0 Å². The van der Waals surface area contributed by atoms with Crippen molar-refractivity contribution in [3.05, 3.63) is 70.4 Å². The number of anilines is 1. The molecule has 9 heteroatoms. The summed E-state index contributed by atoms with van der Waals surface area (Å²) in [5.74, 6) is 0.538. The fourth-order valence-electron chi connectivity index (χ4n) is 4.68. The van der Waals surface area contributed by atoms with E-state index < -0.39 is 17.3 Å². The molecule has 2 heterocycles. The van der Waals surface area contributed by atoms with Crippen LogP contribution in [0.15, 0.2) is 59.2 Å². The van der Waals surface area contributed by atoms with E-state index in [1.807, 2.05) is 24.3 Å². The van der Waals surface area contributed by atoms with E-state index in [9.17, 15) is 9.59 Å². The molecular formula is C27H31ClN4O4. The van der Waals surface area contributed by atoms with Crippen LogP contribution in [0.4, 0.5) is 10.5 Å². The Bertz CT molecular complexity index is 1240. The van der Waals surface area contributed by atoms with Crippen molar-refractivity contribution in [1.29, 1.82) is 0 Å². The number of rotatable bonds is 2. The number of amides is 2. The number of carbonyl (C=O) groups is 2. The lowest BCUT2D eigenvalue weighted by Gasteiger charge is -2.46. The molecule has 0 bridgehead atoms. The summed E-state index contributed by atoms with van der Waals surface area (Å²) in [6, 6.07) is 12.5. The Morgan fingerprint density at radius 3 is 2.53 bits per heavy atom. The molecule has 1 spiro atoms. The summed E-state index contributed by atoms with van der Waals surface area (Å²) in [5, 5.41) is 3.06. The second-order valence-corrected chi connectivity index (χ2v) is 10.3. The van der Waals surface area contributed by atoms with Gasteiger partial charge >= 0.3 is 6.09 Å². The highest BCUT2D eigenvalue weighted by molar-refractivity contribution is 6.31. The third-order valence-corrected chi connectivity index (χ3v) is 6.52. The van der Waals surface area contributed by atoms with Crippen LogP contribution < -0.4 is 15.8 Å². The molecule has 0 saturated carbocycles. The highest BCUT2D eigenvalue weighted by atomic mass is 35.5. The van der Waals surface area contributed by atoms with E-state index in [0.29, 0.717) is 42.2 Å². The molecule has 2 aliphatic heterocycles. The van der Waals surface area contributed by atoms with Gasteiger partial charge in [-0.25, -0.2) is 4.79 Å². The first-order valence-electron chi connectivity index (χ1n) is 11.8. The Hall–Kier alpha value is -3.52. The van der Waals surface area contributed by atoms with Crippen LogP contribution in [0.3, 0.4) is 0 Å². The number of nitrogens with one attached hydrogen (secondary N) is 1. The molecule has 2 aliphatic rings. The van der Waals surface area contributed by atoms with E-state index in [2.05, 4.69) is 10.3 Å². The largest absolute Gasteiger partial charge is 0.482 e. The molecule has 4 rings (SSSR count). The van der Waals surface area contributed by atoms with Crippen molar-refractivity contribution in [2.75, 3.05) is 25.5 Å². The summed E-state index contributed by atoms with van der Waals surface area (Å²) in [6.45, 7) is 6.17. The van der Waals surface area contributed by atoms with Crippen LogP contribution in [0, 0.1) is 0 Å². The van der Waals surface area contributed by atoms with Crippen LogP contribution in [0.1, 0.15) is 49.5 Å². The summed E-state index contributed by atoms with van der Waals surface area (Å²) in [6.07, 6.45) is 1.99. The number of carbonyl (C=O) groups excluding carboxylic acids is 2. The van der Waals surface area contributed by atoms with Gasteiger partial charge in [-0.05, 0) is 51.1 Å². The second-order valence-electron chi connectivity index (χ2n) is 9.85. The molecule has 0 atom stereocenters. The van der Waals surface area contributed by atoms with Crippen molar-refractivity contribution in [2.24, 2.45) is 10.7 Å². The number of hydrogen-bond acceptors (Lipinski definition) is 6. The fourth-order valence-corrected chi connectivity index (χ4v) is 4.85. The topological polar surface area (TPSA) is 106 Å². The quantitative estimate of drug-likeness (QED) is 0.590. The van der Waals surface area contributed by atoms with Crippen LogP contribution in [0.5, 0.6) is 5.75 Å². The van der Waals surface area contributed by atoms with Gasteiger partial charge in [-0.15, -0.1) is 0 Å². The Balaban J connectivity index is 1.55. The maximum atomic E-state index is 13.5. The zero-order valence-corrected chi connectivity index (χ0v) is 21.7. The molecule has 2 amide bonds. The number of piperidine rings is 1. The van der Waals surface area contributed by atoms with Gasteiger partial charge in [0.15, 0.2) is 0 Å². The van der Waals surface area contributed by atoms with Gasteiger partial charge in [-0.1, -0.05) is 23.7 Å². The van der Waals surface area contributed by atoms with Gasteiger partial charge in [-0.2, -0.15) is 0 Å². The van der Waals surface area contributed by atoms with Crippen molar-refractivity contribution in [1.82, 2.24) is 4.90 Å². The molecule has 0 unspecified atom stereocenters.